The molecule has 0 aliphatic heterocycles. The predicted molar refractivity (Wildman–Crippen MR) is 74.0 cm³/mol. The summed E-state index contributed by atoms with van der Waals surface area (Å²) >= 11 is 1.56. The summed E-state index contributed by atoms with van der Waals surface area (Å²) in [4.78, 5) is 14.0. The van der Waals surface area contributed by atoms with Gasteiger partial charge in [0, 0.05) is 16.8 Å². The van der Waals surface area contributed by atoms with Crippen LogP contribution in [0.4, 0.5) is 0 Å². The zero-order valence-electron chi connectivity index (χ0n) is 10.9. The Morgan fingerprint density at radius 1 is 1.44 bits per heavy atom. The van der Waals surface area contributed by atoms with Crippen LogP contribution in [0.2, 0.25) is 0 Å². The second-order valence-electron chi connectivity index (χ2n) is 5.17. The molecule has 4 heteroatoms. The van der Waals surface area contributed by atoms with Gasteiger partial charge in [-0.3, -0.25) is 4.79 Å². The number of rotatable bonds is 5. The zero-order chi connectivity index (χ0) is 13.0. The average molecular weight is 267 g/mol. The molecule has 0 radical (unpaired) electrons. The van der Waals surface area contributed by atoms with Crippen molar-refractivity contribution < 1.29 is 9.90 Å². The molecule has 0 bridgehead atoms. The molecule has 1 aromatic heterocycles. The van der Waals surface area contributed by atoms with Crippen LogP contribution in [0.5, 0.6) is 0 Å². The van der Waals surface area contributed by atoms with E-state index in [1.165, 1.54) is 4.88 Å². The van der Waals surface area contributed by atoms with E-state index in [1.807, 2.05) is 12.1 Å². The molecular weight excluding hydrogens is 246 g/mol. The number of aliphatic hydroxyl groups is 1. The third-order valence-corrected chi connectivity index (χ3v) is 5.09. The minimum Gasteiger partial charge on any atom is -0.396 e. The summed E-state index contributed by atoms with van der Waals surface area (Å²) in [6.45, 7) is 2.87. The fourth-order valence-corrected chi connectivity index (χ4v) is 3.42. The first-order valence-corrected chi connectivity index (χ1v) is 7.48. The maximum atomic E-state index is 12.0. The molecule has 1 aromatic rings. The Morgan fingerprint density at radius 3 is 2.72 bits per heavy atom. The highest BCUT2D eigenvalue weighted by molar-refractivity contribution is 7.14. The highest BCUT2D eigenvalue weighted by atomic mass is 32.1. The molecule has 1 aliphatic carbocycles. The molecule has 1 amide bonds. The molecule has 0 saturated heterocycles. The lowest BCUT2D eigenvalue weighted by molar-refractivity contribution is 0.0884. The summed E-state index contributed by atoms with van der Waals surface area (Å²) in [7, 11) is 0. The molecule has 3 nitrogen and oxygen atoms in total. The van der Waals surface area contributed by atoms with E-state index in [9.17, 15) is 9.90 Å². The van der Waals surface area contributed by atoms with Gasteiger partial charge in [-0.2, -0.15) is 0 Å². The van der Waals surface area contributed by atoms with E-state index in [1.54, 1.807) is 11.3 Å². The lowest BCUT2D eigenvalue weighted by Crippen LogP contribution is -2.38. The molecule has 100 valence electrons. The van der Waals surface area contributed by atoms with Crippen LogP contribution < -0.4 is 5.32 Å². The maximum Gasteiger partial charge on any atom is 0.261 e. The second kappa shape index (κ2) is 5.85. The van der Waals surface area contributed by atoms with E-state index in [0.717, 1.165) is 37.0 Å². The summed E-state index contributed by atoms with van der Waals surface area (Å²) in [5.41, 5.74) is -0.0689. The van der Waals surface area contributed by atoms with Gasteiger partial charge in [0.2, 0.25) is 0 Å². The number of hydrogen-bond donors (Lipinski definition) is 2. The van der Waals surface area contributed by atoms with E-state index in [4.69, 9.17) is 0 Å². The fourth-order valence-electron chi connectivity index (χ4n) is 2.56. The molecule has 1 fully saturated rings. The van der Waals surface area contributed by atoms with Crippen molar-refractivity contribution in [1.82, 2.24) is 5.32 Å². The molecule has 1 aliphatic rings. The van der Waals surface area contributed by atoms with Crippen molar-refractivity contribution in [3.63, 3.8) is 0 Å². The molecular formula is C14H21NO2S. The lowest BCUT2D eigenvalue weighted by atomic mass is 9.87. The topological polar surface area (TPSA) is 49.3 Å². The van der Waals surface area contributed by atoms with Crippen LogP contribution in [0.15, 0.2) is 12.1 Å². The standard InChI is InChI=1S/C14H21NO2S/c1-2-11-5-6-12(18-11)13(17)15-9-14(10-16)7-3-4-8-14/h5-6,16H,2-4,7-10H2,1H3,(H,15,17). The van der Waals surface area contributed by atoms with Crippen molar-refractivity contribution >= 4 is 17.2 Å². The van der Waals surface area contributed by atoms with Crippen molar-refractivity contribution in [1.29, 1.82) is 0 Å². The second-order valence-corrected chi connectivity index (χ2v) is 6.34. The number of nitrogens with one attached hydrogen (secondary N) is 1. The largest absolute Gasteiger partial charge is 0.396 e. The van der Waals surface area contributed by atoms with E-state index >= 15 is 0 Å². The number of carbonyl (C=O) groups is 1. The van der Waals surface area contributed by atoms with Gasteiger partial charge in [-0.15, -0.1) is 11.3 Å². The number of aryl methyl sites for hydroxylation is 1. The molecule has 0 atom stereocenters. The van der Waals surface area contributed by atoms with Gasteiger partial charge in [-0.1, -0.05) is 19.8 Å². The van der Waals surface area contributed by atoms with Gasteiger partial charge < -0.3 is 10.4 Å². The smallest absolute Gasteiger partial charge is 0.261 e. The van der Waals surface area contributed by atoms with Crippen LogP contribution in [0.1, 0.15) is 47.2 Å². The third kappa shape index (κ3) is 2.93. The summed E-state index contributed by atoms with van der Waals surface area (Å²) < 4.78 is 0. The van der Waals surface area contributed by atoms with Crippen molar-refractivity contribution in [3.8, 4) is 0 Å². The Morgan fingerprint density at radius 2 is 2.17 bits per heavy atom. The molecule has 0 spiro atoms. The first kappa shape index (κ1) is 13.6. The Hall–Kier alpha value is -0.870. The lowest BCUT2D eigenvalue weighted by Gasteiger charge is -2.26. The van der Waals surface area contributed by atoms with Gasteiger partial charge in [0.15, 0.2) is 0 Å². The van der Waals surface area contributed by atoms with Crippen LogP contribution in [0.25, 0.3) is 0 Å². The first-order valence-electron chi connectivity index (χ1n) is 6.67. The molecule has 2 rings (SSSR count). The van der Waals surface area contributed by atoms with Crippen LogP contribution >= 0.6 is 11.3 Å². The molecule has 2 N–H and O–H groups in total. The number of carbonyl (C=O) groups excluding carboxylic acids is 1. The van der Waals surface area contributed by atoms with Crippen LogP contribution in [0.3, 0.4) is 0 Å². The fraction of sp³-hybridized carbons (Fsp3) is 0.643. The minimum atomic E-state index is -0.0689. The summed E-state index contributed by atoms with van der Waals surface area (Å²) in [6.07, 6.45) is 5.34. The highest BCUT2D eigenvalue weighted by Crippen LogP contribution is 2.36. The first-order chi connectivity index (χ1) is 8.69. The number of hydrogen-bond acceptors (Lipinski definition) is 3. The van der Waals surface area contributed by atoms with Crippen LogP contribution in [0, 0.1) is 5.41 Å². The van der Waals surface area contributed by atoms with E-state index in [2.05, 4.69) is 12.2 Å². The Balaban J connectivity index is 1.91. The Labute approximate surface area is 112 Å². The normalized spacial score (nSPS) is 17.9. The zero-order valence-corrected chi connectivity index (χ0v) is 11.7. The molecule has 1 heterocycles. The number of thiophene rings is 1. The molecule has 0 aromatic carbocycles. The van der Waals surface area contributed by atoms with Crippen LogP contribution in [-0.4, -0.2) is 24.2 Å². The van der Waals surface area contributed by atoms with Gasteiger partial charge >= 0.3 is 0 Å². The van der Waals surface area contributed by atoms with Gasteiger partial charge in [-0.25, -0.2) is 0 Å². The Bertz CT molecular complexity index is 408. The molecule has 1 saturated carbocycles. The monoisotopic (exact) mass is 267 g/mol. The van der Waals surface area contributed by atoms with E-state index < -0.39 is 0 Å². The van der Waals surface area contributed by atoms with Gasteiger partial charge in [0.1, 0.15) is 0 Å². The highest BCUT2D eigenvalue weighted by Gasteiger charge is 2.33. The van der Waals surface area contributed by atoms with Crippen molar-refractivity contribution in [2.45, 2.75) is 39.0 Å². The maximum absolute atomic E-state index is 12.0. The average Bonchev–Trinajstić information content (AvgIpc) is 3.05. The van der Waals surface area contributed by atoms with Gasteiger partial charge in [0.05, 0.1) is 11.5 Å². The predicted octanol–water partition coefficient (Wildman–Crippen LogP) is 2.59. The molecule has 0 unspecified atom stereocenters. The van der Waals surface area contributed by atoms with E-state index in [-0.39, 0.29) is 17.9 Å². The summed E-state index contributed by atoms with van der Waals surface area (Å²) in [5.74, 6) is -0.000532. The van der Waals surface area contributed by atoms with Crippen molar-refractivity contribution in [2.24, 2.45) is 5.41 Å². The number of aliphatic hydroxyl groups excluding tert-OH is 1. The number of amides is 1. The quantitative estimate of drug-likeness (QED) is 0.861. The molecule has 18 heavy (non-hydrogen) atoms. The minimum absolute atomic E-state index is 0.000532. The van der Waals surface area contributed by atoms with Crippen LogP contribution in [-0.2, 0) is 6.42 Å². The van der Waals surface area contributed by atoms with Gasteiger partial charge in [0.25, 0.3) is 5.91 Å². The van der Waals surface area contributed by atoms with Crippen molar-refractivity contribution in [3.05, 3.63) is 21.9 Å². The van der Waals surface area contributed by atoms with E-state index in [0.29, 0.717) is 6.54 Å². The van der Waals surface area contributed by atoms with Gasteiger partial charge in [-0.05, 0) is 31.4 Å². The summed E-state index contributed by atoms with van der Waals surface area (Å²) in [6, 6.07) is 3.90. The summed E-state index contributed by atoms with van der Waals surface area (Å²) in [5, 5.41) is 12.5. The SMILES string of the molecule is CCc1ccc(C(=O)NCC2(CO)CCCC2)s1. The van der Waals surface area contributed by atoms with Crippen molar-refractivity contribution in [2.75, 3.05) is 13.2 Å². The third-order valence-electron chi connectivity index (χ3n) is 3.86. The Kier molecular flexibility index (Phi) is 4.40.